The summed E-state index contributed by atoms with van der Waals surface area (Å²) in [6.45, 7) is 8.87. The van der Waals surface area contributed by atoms with Crippen LogP contribution in [-0.2, 0) is 9.59 Å². The number of nitrogens with one attached hydrogen (secondary N) is 1. The summed E-state index contributed by atoms with van der Waals surface area (Å²) in [7, 11) is 0. The van der Waals surface area contributed by atoms with Crippen LogP contribution in [-0.4, -0.2) is 35.3 Å². The molecule has 1 aliphatic heterocycles. The highest BCUT2D eigenvalue weighted by molar-refractivity contribution is 5.96. The number of piperazine rings is 1. The number of nitrogens with zero attached hydrogens (tertiary/aromatic N) is 1. The second-order valence-electron chi connectivity index (χ2n) is 7.36. The average Bonchev–Trinajstić information content (AvgIpc) is 2.42. The molecule has 1 N–H and O–H groups in total. The number of hydrogen-bond acceptors (Lipinski definition) is 2. The third kappa shape index (κ3) is 3.78. The molecule has 0 spiro atoms. The summed E-state index contributed by atoms with van der Waals surface area (Å²) in [6, 6.07) is -0.674. The minimum absolute atomic E-state index is 0.00897. The molecule has 21 heavy (non-hydrogen) atoms. The summed E-state index contributed by atoms with van der Waals surface area (Å²) in [5.41, 5.74) is 0. The molecule has 4 heteroatoms. The van der Waals surface area contributed by atoms with Crippen molar-refractivity contribution in [3.8, 4) is 0 Å². The first-order chi connectivity index (χ1) is 9.90. The minimum Gasteiger partial charge on any atom is -0.342 e. The second kappa shape index (κ2) is 6.80. The van der Waals surface area contributed by atoms with E-state index in [-0.39, 0.29) is 29.8 Å². The van der Waals surface area contributed by atoms with E-state index in [9.17, 15) is 9.59 Å². The van der Waals surface area contributed by atoms with Crippen molar-refractivity contribution in [3.05, 3.63) is 0 Å². The zero-order valence-electron chi connectivity index (χ0n) is 13.9. The van der Waals surface area contributed by atoms with Crippen LogP contribution in [0.2, 0.25) is 0 Å². The van der Waals surface area contributed by atoms with Gasteiger partial charge in [0.05, 0.1) is 0 Å². The standard InChI is InChI=1S/C17H30N2O2/c1-11(2)15-17(21)19(13(4)16(20)18-15)9-8-14-7-5-6-12(3)10-14/h11-15H,5-10H2,1-4H3,(H,18,20). The summed E-state index contributed by atoms with van der Waals surface area (Å²) in [4.78, 5) is 26.4. The first-order valence-electron chi connectivity index (χ1n) is 8.51. The lowest BCUT2D eigenvalue weighted by Crippen LogP contribution is -2.64. The fourth-order valence-electron chi connectivity index (χ4n) is 3.75. The molecular formula is C17H30N2O2. The molecule has 2 fully saturated rings. The average molecular weight is 294 g/mol. The Kier molecular flexibility index (Phi) is 5.28. The molecule has 1 heterocycles. The molecule has 0 bridgehead atoms. The molecule has 0 aromatic rings. The molecule has 0 radical (unpaired) electrons. The number of rotatable bonds is 4. The highest BCUT2D eigenvalue weighted by atomic mass is 16.2. The van der Waals surface area contributed by atoms with Gasteiger partial charge in [-0.2, -0.15) is 0 Å². The second-order valence-corrected chi connectivity index (χ2v) is 7.36. The Hall–Kier alpha value is -1.06. The SMILES string of the molecule is CC1CCCC(CCN2C(=O)C(C(C)C)NC(=O)C2C)C1. The molecule has 1 aliphatic carbocycles. The van der Waals surface area contributed by atoms with Crippen molar-refractivity contribution >= 4 is 11.8 Å². The lowest BCUT2D eigenvalue weighted by atomic mass is 9.80. The highest BCUT2D eigenvalue weighted by Gasteiger charge is 2.39. The van der Waals surface area contributed by atoms with E-state index >= 15 is 0 Å². The van der Waals surface area contributed by atoms with E-state index in [2.05, 4.69) is 12.2 Å². The third-order valence-electron chi connectivity index (χ3n) is 5.18. The molecule has 0 aromatic heterocycles. The van der Waals surface area contributed by atoms with Crippen LogP contribution in [0.1, 0.15) is 59.8 Å². The van der Waals surface area contributed by atoms with Crippen LogP contribution < -0.4 is 5.32 Å². The highest BCUT2D eigenvalue weighted by Crippen LogP contribution is 2.31. The zero-order chi connectivity index (χ0) is 15.6. The summed E-state index contributed by atoms with van der Waals surface area (Å²) in [6.07, 6.45) is 6.24. The van der Waals surface area contributed by atoms with Gasteiger partial charge in [0.2, 0.25) is 11.8 Å². The fraction of sp³-hybridized carbons (Fsp3) is 0.882. The predicted molar refractivity (Wildman–Crippen MR) is 83.7 cm³/mol. The van der Waals surface area contributed by atoms with E-state index in [0.717, 1.165) is 24.8 Å². The minimum atomic E-state index is -0.348. The van der Waals surface area contributed by atoms with Gasteiger partial charge in [-0.05, 0) is 37.5 Å². The van der Waals surface area contributed by atoms with Crippen molar-refractivity contribution in [1.29, 1.82) is 0 Å². The van der Waals surface area contributed by atoms with E-state index in [1.165, 1.54) is 25.7 Å². The predicted octanol–water partition coefficient (Wildman–Crippen LogP) is 2.57. The monoisotopic (exact) mass is 294 g/mol. The van der Waals surface area contributed by atoms with E-state index < -0.39 is 0 Å². The van der Waals surface area contributed by atoms with Crippen LogP contribution in [0.3, 0.4) is 0 Å². The van der Waals surface area contributed by atoms with E-state index in [1.807, 2.05) is 25.7 Å². The quantitative estimate of drug-likeness (QED) is 0.866. The van der Waals surface area contributed by atoms with Crippen LogP contribution in [0.5, 0.6) is 0 Å². The Bertz CT molecular complexity index is 394. The lowest BCUT2D eigenvalue weighted by Gasteiger charge is -2.39. The number of amides is 2. The van der Waals surface area contributed by atoms with E-state index in [1.54, 1.807) is 0 Å². The van der Waals surface area contributed by atoms with Crippen LogP contribution in [0.15, 0.2) is 0 Å². The maximum absolute atomic E-state index is 12.6. The Morgan fingerprint density at radius 2 is 1.95 bits per heavy atom. The molecule has 4 unspecified atom stereocenters. The van der Waals surface area contributed by atoms with Crippen molar-refractivity contribution in [2.75, 3.05) is 6.54 Å². The van der Waals surface area contributed by atoms with Gasteiger partial charge in [-0.1, -0.05) is 40.0 Å². The normalized spacial score (nSPS) is 34.2. The van der Waals surface area contributed by atoms with Gasteiger partial charge < -0.3 is 10.2 Å². The molecule has 4 nitrogen and oxygen atoms in total. The van der Waals surface area contributed by atoms with Gasteiger partial charge in [0.25, 0.3) is 0 Å². The molecule has 2 rings (SSSR count). The first kappa shape index (κ1) is 16.3. The smallest absolute Gasteiger partial charge is 0.246 e. The van der Waals surface area contributed by atoms with Gasteiger partial charge in [-0.3, -0.25) is 9.59 Å². The Labute approximate surface area is 128 Å². The first-order valence-corrected chi connectivity index (χ1v) is 8.51. The van der Waals surface area contributed by atoms with Crippen molar-refractivity contribution < 1.29 is 9.59 Å². The van der Waals surface area contributed by atoms with Crippen molar-refractivity contribution in [3.63, 3.8) is 0 Å². The maximum atomic E-state index is 12.6. The molecular weight excluding hydrogens is 264 g/mol. The Balaban J connectivity index is 1.95. The van der Waals surface area contributed by atoms with Gasteiger partial charge in [-0.15, -0.1) is 0 Å². The summed E-state index contributed by atoms with van der Waals surface area (Å²) in [5.74, 6) is 1.76. The number of carbonyl (C=O) groups excluding carboxylic acids is 2. The fourth-order valence-corrected chi connectivity index (χ4v) is 3.75. The van der Waals surface area contributed by atoms with Crippen molar-refractivity contribution in [1.82, 2.24) is 10.2 Å². The van der Waals surface area contributed by atoms with Gasteiger partial charge in [0.15, 0.2) is 0 Å². The maximum Gasteiger partial charge on any atom is 0.246 e. The summed E-state index contributed by atoms with van der Waals surface area (Å²) in [5, 5.41) is 2.86. The molecule has 0 aromatic carbocycles. The number of carbonyl (C=O) groups is 2. The molecule has 4 atom stereocenters. The van der Waals surface area contributed by atoms with Gasteiger partial charge in [0.1, 0.15) is 12.1 Å². The van der Waals surface area contributed by atoms with Crippen LogP contribution >= 0.6 is 0 Å². The molecule has 2 aliphatic rings. The molecule has 1 saturated carbocycles. The molecule has 1 saturated heterocycles. The summed E-state index contributed by atoms with van der Waals surface area (Å²) >= 11 is 0. The van der Waals surface area contributed by atoms with Gasteiger partial charge in [-0.25, -0.2) is 0 Å². The molecule has 120 valence electrons. The Morgan fingerprint density at radius 1 is 1.24 bits per heavy atom. The van der Waals surface area contributed by atoms with E-state index in [4.69, 9.17) is 0 Å². The van der Waals surface area contributed by atoms with Crippen LogP contribution in [0.4, 0.5) is 0 Å². The van der Waals surface area contributed by atoms with Crippen LogP contribution in [0.25, 0.3) is 0 Å². The van der Waals surface area contributed by atoms with Crippen molar-refractivity contribution in [2.24, 2.45) is 17.8 Å². The topological polar surface area (TPSA) is 49.4 Å². The zero-order valence-corrected chi connectivity index (χ0v) is 13.9. The van der Waals surface area contributed by atoms with E-state index in [0.29, 0.717) is 0 Å². The van der Waals surface area contributed by atoms with Crippen molar-refractivity contribution in [2.45, 2.75) is 71.9 Å². The van der Waals surface area contributed by atoms with Gasteiger partial charge >= 0.3 is 0 Å². The summed E-state index contributed by atoms with van der Waals surface area (Å²) < 4.78 is 0. The third-order valence-corrected chi connectivity index (χ3v) is 5.18. The lowest BCUT2D eigenvalue weighted by molar-refractivity contribution is -0.150. The number of hydrogen-bond donors (Lipinski definition) is 1. The largest absolute Gasteiger partial charge is 0.342 e. The molecule has 2 amide bonds. The van der Waals surface area contributed by atoms with Crippen LogP contribution in [0, 0.1) is 17.8 Å². The Morgan fingerprint density at radius 3 is 2.57 bits per heavy atom. The van der Waals surface area contributed by atoms with Gasteiger partial charge in [0, 0.05) is 6.54 Å².